The molecule has 0 aliphatic carbocycles. The van der Waals surface area contributed by atoms with E-state index in [-0.39, 0.29) is 11.8 Å². The summed E-state index contributed by atoms with van der Waals surface area (Å²) in [6, 6.07) is 18.7. The summed E-state index contributed by atoms with van der Waals surface area (Å²) >= 11 is 0. The fourth-order valence-electron chi connectivity index (χ4n) is 3.91. The van der Waals surface area contributed by atoms with Crippen LogP contribution in [0.15, 0.2) is 66.7 Å². The summed E-state index contributed by atoms with van der Waals surface area (Å²) in [5.41, 5.74) is 3.50. The first-order chi connectivity index (χ1) is 15.8. The van der Waals surface area contributed by atoms with Crippen LogP contribution in [0.5, 0.6) is 11.5 Å². The molecule has 3 aromatic rings. The molecule has 1 unspecified atom stereocenters. The number of carbonyl (C=O) groups is 3. The number of benzene rings is 3. The molecule has 0 N–H and O–H groups in total. The first-order valence-corrected chi connectivity index (χ1v) is 10.8. The molecule has 33 heavy (non-hydrogen) atoms. The fraction of sp³-hybridized carbons (Fsp3) is 0.222. The lowest BCUT2D eigenvalue weighted by atomic mass is 9.98. The third kappa shape index (κ3) is 4.37. The quantitative estimate of drug-likeness (QED) is 0.294. The summed E-state index contributed by atoms with van der Waals surface area (Å²) < 4.78 is 11.2. The summed E-state index contributed by atoms with van der Waals surface area (Å²) in [4.78, 5) is 38.9. The van der Waals surface area contributed by atoms with Gasteiger partial charge in [0.1, 0.15) is 11.5 Å². The van der Waals surface area contributed by atoms with Crippen molar-refractivity contribution in [1.82, 2.24) is 0 Å². The number of amides is 2. The van der Waals surface area contributed by atoms with Crippen LogP contribution in [0.2, 0.25) is 0 Å². The van der Waals surface area contributed by atoms with Crippen LogP contribution in [0.1, 0.15) is 58.5 Å². The number of ether oxygens (including phenoxy) is 2. The average molecular weight is 443 g/mol. The van der Waals surface area contributed by atoms with Crippen LogP contribution in [-0.2, 0) is 4.79 Å². The van der Waals surface area contributed by atoms with E-state index in [9.17, 15) is 14.4 Å². The predicted octanol–water partition coefficient (Wildman–Crippen LogP) is 5.29. The van der Waals surface area contributed by atoms with E-state index >= 15 is 0 Å². The van der Waals surface area contributed by atoms with E-state index in [4.69, 9.17) is 9.47 Å². The fourth-order valence-corrected chi connectivity index (χ4v) is 3.91. The van der Waals surface area contributed by atoms with Crippen LogP contribution >= 0.6 is 0 Å². The van der Waals surface area contributed by atoms with Gasteiger partial charge < -0.3 is 9.47 Å². The second-order valence-corrected chi connectivity index (χ2v) is 8.34. The Labute approximate surface area is 192 Å². The number of carbonyl (C=O) groups excluding carboxylic acids is 3. The van der Waals surface area contributed by atoms with Crippen molar-refractivity contribution in [2.24, 2.45) is 0 Å². The topological polar surface area (TPSA) is 72.9 Å². The van der Waals surface area contributed by atoms with E-state index in [2.05, 4.69) is 13.8 Å². The molecule has 0 fully saturated rings. The van der Waals surface area contributed by atoms with Gasteiger partial charge in [0.25, 0.3) is 11.8 Å². The molecule has 0 bridgehead atoms. The minimum atomic E-state index is -0.815. The number of fused-ring (bicyclic) bond motifs is 1. The standard InChI is InChI=1S/C27H25NO5/c1-16(2)22-14-13-21(15-17(22)3)32-18(4)27(31)33-20-11-9-19(10-12-20)28-25(29)23-7-5-6-8-24(23)26(28)30/h5-16,18H,1-4H3. The molecule has 0 aromatic heterocycles. The predicted molar refractivity (Wildman–Crippen MR) is 125 cm³/mol. The Morgan fingerprint density at radius 1 is 0.818 bits per heavy atom. The molecular weight excluding hydrogens is 418 g/mol. The SMILES string of the molecule is Cc1cc(OC(C)C(=O)Oc2ccc(N3C(=O)c4ccccc4C3=O)cc2)ccc1C(C)C. The Morgan fingerprint density at radius 3 is 1.94 bits per heavy atom. The zero-order chi connectivity index (χ0) is 23.7. The second-order valence-electron chi connectivity index (χ2n) is 8.34. The van der Waals surface area contributed by atoms with Gasteiger partial charge in [-0.3, -0.25) is 9.59 Å². The summed E-state index contributed by atoms with van der Waals surface area (Å²) in [7, 11) is 0. The molecule has 0 saturated carbocycles. The molecule has 1 aliphatic heterocycles. The molecule has 0 saturated heterocycles. The van der Waals surface area contributed by atoms with Crippen molar-refractivity contribution in [3.63, 3.8) is 0 Å². The number of nitrogens with zero attached hydrogens (tertiary/aromatic N) is 1. The lowest BCUT2D eigenvalue weighted by Crippen LogP contribution is -2.29. The highest BCUT2D eigenvalue weighted by atomic mass is 16.6. The third-order valence-electron chi connectivity index (χ3n) is 5.62. The van der Waals surface area contributed by atoms with Crippen molar-refractivity contribution in [2.75, 3.05) is 4.90 Å². The van der Waals surface area contributed by atoms with Gasteiger partial charge in [0.15, 0.2) is 6.10 Å². The normalized spacial score (nSPS) is 13.8. The van der Waals surface area contributed by atoms with Crippen molar-refractivity contribution in [2.45, 2.75) is 39.7 Å². The van der Waals surface area contributed by atoms with Crippen molar-refractivity contribution < 1.29 is 23.9 Å². The van der Waals surface area contributed by atoms with Gasteiger partial charge in [0.2, 0.25) is 0 Å². The van der Waals surface area contributed by atoms with Gasteiger partial charge in [-0.05, 0) is 79.4 Å². The minimum Gasteiger partial charge on any atom is -0.479 e. The molecule has 6 nitrogen and oxygen atoms in total. The van der Waals surface area contributed by atoms with Gasteiger partial charge >= 0.3 is 5.97 Å². The molecule has 1 heterocycles. The van der Waals surface area contributed by atoms with Crippen LogP contribution in [-0.4, -0.2) is 23.9 Å². The highest BCUT2D eigenvalue weighted by Gasteiger charge is 2.36. The number of hydrogen-bond acceptors (Lipinski definition) is 5. The monoisotopic (exact) mass is 443 g/mol. The van der Waals surface area contributed by atoms with Crippen LogP contribution < -0.4 is 14.4 Å². The molecule has 1 atom stereocenters. The van der Waals surface area contributed by atoms with E-state index < -0.39 is 12.1 Å². The van der Waals surface area contributed by atoms with Crippen molar-refractivity contribution in [1.29, 1.82) is 0 Å². The second kappa shape index (κ2) is 8.90. The molecule has 0 radical (unpaired) electrons. The molecular formula is C27H25NO5. The van der Waals surface area contributed by atoms with Crippen LogP contribution in [0, 0.1) is 6.92 Å². The minimum absolute atomic E-state index is 0.294. The van der Waals surface area contributed by atoms with Gasteiger partial charge in [-0.2, -0.15) is 0 Å². The Hall–Kier alpha value is -3.93. The van der Waals surface area contributed by atoms with Crippen LogP contribution in [0.3, 0.4) is 0 Å². The maximum Gasteiger partial charge on any atom is 0.352 e. The van der Waals surface area contributed by atoms with E-state index in [1.807, 2.05) is 25.1 Å². The number of hydrogen-bond donors (Lipinski definition) is 0. The summed E-state index contributed by atoms with van der Waals surface area (Å²) in [5, 5.41) is 0. The Bertz CT molecular complexity index is 1190. The van der Waals surface area contributed by atoms with Gasteiger partial charge in [0.05, 0.1) is 16.8 Å². The zero-order valence-corrected chi connectivity index (χ0v) is 19.0. The number of anilines is 1. The van der Waals surface area contributed by atoms with E-state index in [0.29, 0.717) is 34.2 Å². The highest BCUT2D eigenvalue weighted by Crippen LogP contribution is 2.30. The van der Waals surface area contributed by atoms with Crippen molar-refractivity contribution >= 4 is 23.5 Å². The Kier molecular flexibility index (Phi) is 6.01. The van der Waals surface area contributed by atoms with Crippen molar-refractivity contribution in [3.05, 3.63) is 89.0 Å². The Balaban J connectivity index is 1.41. The third-order valence-corrected chi connectivity index (χ3v) is 5.62. The molecule has 6 heteroatoms. The van der Waals surface area contributed by atoms with Gasteiger partial charge in [0, 0.05) is 0 Å². The molecule has 168 valence electrons. The first-order valence-electron chi connectivity index (χ1n) is 10.8. The molecule has 0 spiro atoms. The van der Waals surface area contributed by atoms with Crippen molar-refractivity contribution in [3.8, 4) is 11.5 Å². The largest absolute Gasteiger partial charge is 0.479 e. The lowest BCUT2D eigenvalue weighted by molar-refractivity contribution is -0.141. The molecule has 3 aromatic carbocycles. The van der Waals surface area contributed by atoms with Gasteiger partial charge in [-0.25, -0.2) is 9.69 Å². The summed E-state index contributed by atoms with van der Waals surface area (Å²) in [6.45, 7) is 7.90. The van der Waals surface area contributed by atoms with Gasteiger partial charge in [-0.15, -0.1) is 0 Å². The molecule has 2 amide bonds. The Morgan fingerprint density at radius 2 is 1.39 bits per heavy atom. The van der Waals surface area contributed by atoms with E-state index in [0.717, 1.165) is 10.5 Å². The number of imide groups is 1. The summed E-state index contributed by atoms with van der Waals surface area (Å²) in [5.74, 6) is 0.00514. The zero-order valence-electron chi connectivity index (χ0n) is 19.0. The molecule has 4 rings (SSSR count). The number of esters is 1. The smallest absolute Gasteiger partial charge is 0.352 e. The van der Waals surface area contributed by atoms with Gasteiger partial charge in [-0.1, -0.05) is 32.0 Å². The van der Waals surface area contributed by atoms with Crippen LogP contribution in [0.25, 0.3) is 0 Å². The maximum absolute atomic E-state index is 12.6. The highest BCUT2D eigenvalue weighted by molar-refractivity contribution is 6.34. The number of rotatable bonds is 6. The van der Waals surface area contributed by atoms with E-state index in [1.54, 1.807) is 55.5 Å². The average Bonchev–Trinajstić information content (AvgIpc) is 3.04. The number of aryl methyl sites for hydroxylation is 1. The summed E-state index contributed by atoms with van der Waals surface area (Å²) in [6.07, 6.45) is -0.815. The van der Waals surface area contributed by atoms with Crippen LogP contribution in [0.4, 0.5) is 5.69 Å². The maximum atomic E-state index is 12.6. The first kappa shape index (κ1) is 22.3. The van der Waals surface area contributed by atoms with E-state index in [1.165, 1.54) is 5.56 Å². The lowest BCUT2D eigenvalue weighted by Gasteiger charge is -2.17. The molecule has 1 aliphatic rings.